The lowest BCUT2D eigenvalue weighted by Crippen LogP contribution is -2.07. The number of pyridine rings is 1. The molecule has 5 rings (SSSR count). The molecular formula is C27H25N5O. The minimum absolute atomic E-state index is 0.532. The number of nitrogens with one attached hydrogen (secondary N) is 1. The average molecular weight is 436 g/mol. The molecule has 0 spiro atoms. The third kappa shape index (κ3) is 4.70. The molecule has 0 aliphatic carbocycles. The van der Waals surface area contributed by atoms with Crippen molar-refractivity contribution in [2.24, 2.45) is 0 Å². The van der Waals surface area contributed by atoms with E-state index in [9.17, 15) is 0 Å². The molecule has 3 aromatic heterocycles. The van der Waals surface area contributed by atoms with Gasteiger partial charge in [-0.3, -0.25) is 9.67 Å². The quantitative estimate of drug-likeness (QED) is 0.362. The monoisotopic (exact) mass is 435 g/mol. The first-order valence-corrected chi connectivity index (χ1v) is 10.9. The van der Waals surface area contributed by atoms with Crippen LogP contribution in [0.1, 0.15) is 22.4 Å². The Hall–Kier alpha value is -4.19. The Balaban J connectivity index is 1.37. The van der Waals surface area contributed by atoms with Gasteiger partial charge in [0.15, 0.2) is 5.82 Å². The molecule has 0 saturated heterocycles. The summed E-state index contributed by atoms with van der Waals surface area (Å²) in [5.41, 5.74) is 7.01. The third-order valence-electron chi connectivity index (χ3n) is 5.51. The summed E-state index contributed by atoms with van der Waals surface area (Å²) in [6.45, 7) is 5.31. The van der Waals surface area contributed by atoms with E-state index in [-0.39, 0.29) is 0 Å². The number of aromatic nitrogens is 5. The molecule has 6 heteroatoms. The van der Waals surface area contributed by atoms with Gasteiger partial charge in [-0.05, 0) is 43.7 Å². The normalized spacial score (nSPS) is 11.0. The van der Waals surface area contributed by atoms with Gasteiger partial charge in [0.2, 0.25) is 0 Å². The van der Waals surface area contributed by atoms with Crippen molar-refractivity contribution in [1.29, 1.82) is 0 Å². The van der Waals surface area contributed by atoms with Gasteiger partial charge in [0.1, 0.15) is 23.7 Å². The summed E-state index contributed by atoms with van der Waals surface area (Å²) in [5.74, 6) is 1.60. The lowest BCUT2D eigenvalue weighted by Gasteiger charge is -2.13. The van der Waals surface area contributed by atoms with Crippen LogP contribution in [0.3, 0.4) is 0 Å². The summed E-state index contributed by atoms with van der Waals surface area (Å²) >= 11 is 0. The smallest absolute Gasteiger partial charge is 0.156 e. The molecule has 33 heavy (non-hydrogen) atoms. The molecule has 0 amide bonds. The topological polar surface area (TPSA) is 68.6 Å². The Bertz CT molecular complexity index is 1360. The third-order valence-corrected chi connectivity index (χ3v) is 5.51. The van der Waals surface area contributed by atoms with Crippen molar-refractivity contribution in [2.75, 3.05) is 0 Å². The van der Waals surface area contributed by atoms with Crippen molar-refractivity contribution in [3.63, 3.8) is 0 Å². The molecule has 0 bridgehead atoms. The lowest BCUT2D eigenvalue weighted by molar-refractivity contribution is 0.302. The minimum Gasteiger partial charge on any atom is -0.489 e. The van der Waals surface area contributed by atoms with Gasteiger partial charge in [0.25, 0.3) is 0 Å². The summed E-state index contributed by atoms with van der Waals surface area (Å²) in [7, 11) is 0. The van der Waals surface area contributed by atoms with Gasteiger partial charge in [0, 0.05) is 17.5 Å². The number of benzene rings is 2. The molecule has 0 radical (unpaired) electrons. The number of hydrogen-bond acceptors (Lipinski definition) is 4. The summed E-state index contributed by atoms with van der Waals surface area (Å²) in [6.07, 6.45) is 3.56. The Morgan fingerprint density at radius 1 is 0.879 bits per heavy atom. The van der Waals surface area contributed by atoms with Crippen LogP contribution in [0.2, 0.25) is 0 Å². The van der Waals surface area contributed by atoms with Crippen LogP contribution in [0, 0.1) is 13.8 Å². The summed E-state index contributed by atoms with van der Waals surface area (Å²) in [6, 6.07) is 24.3. The number of ether oxygens (including phenoxy) is 1. The molecular weight excluding hydrogens is 410 g/mol. The molecule has 1 N–H and O–H groups in total. The molecule has 164 valence electrons. The molecule has 0 aliphatic heterocycles. The second-order valence-electron chi connectivity index (χ2n) is 8.07. The fraction of sp³-hybridized carbons (Fsp3) is 0.148. The first-order valence-electron chi connectivity index (χ1n) is 10.9. The van der Waals surface area contributed by atoms with Gasteiger partial charge in [0.05, 0.1) is 18.4 Å². The van der Waals surface area contributed by atoms with Crippen LogP contribution in [-0.4, -0.2) is 24.7 Å². The Morgan fingerprint density at radius 3 is 2.55 bits per heavy atom. The van der Waals surface area contributed by atoms with E-state index in [1.807, 2.05) is 47.1 Å². The van der Waals surface area contributed by atoms with Crippen LogP contribution in [0.25, 0.3) is 22.9 Å². The van der Waals surface area contributed by atoms with Gasteiger partial charge in [-0.15, -0.1) is 0 Å². The number of hydrogen-bond donors (Lipinski definition) is 1. The van der Waals surface area contributed by atoms with Crippen LogP contribution in [0.15, 0.2) is 85.2 Å². The van der Waals surface area contributed by atoms with E-state index < -0.39 is 0 Å². The van der Waals surface area contributed by atoms with Crippen LogP contribution in [-0.2, 0) is 13.2 Å². The van der Waals surface area contributed by atoms with Gasteiger partial charge in [-0.1, -0.05) is 54.1 Å². The van der Waals surface area contributed by atoms with E-state index in [1.165, 1.54) is 5.56 Å². The van der Waals surface area contributed by atoms with Crippen molar-refractivity contribution in [3.8, 4) is 28.7 Å². The minimum atomic E-state index is 0.532. The standard InChI is InChI=1S/C27H25N5O/c1-19-11-12-26(33-18-21-8-4-3-5-9-21)22(14-19)17-32-20(2)15-24(31-32)25-16-29-27(30-25)23-10-6-7-13-28-23/h3-16H,17-18H2,1-2H3,(H,29,30). The largest absolute Gasteiger partial charge is 0.489 e. The first-order chi connectivity index (χ1) is 16.2. The fourth-order valence-electron chi connectivity index (χ4n) is 3.76. The summed E-state index contributed by atoms with van der Waals surface area (Å²) in [5, 5.41) is 4.84. The highest BCUT2D eigenvalue weighted by Gasteiger charge is 2.13. The number of H-pyrrole nitrogens is 1. The number of aromatic amines is 1. The van der Waals surface area contributed by atoms with Crippen molar-refractivity contribution < 1.29 is 4.74 Å². The molecule has 0 fully saturated rings. The number of aryl methyl sites for hydroxylation is 2. The van der Waals surface area contributed by atoms with E-state index in [0.717, 1.165) is 45.5 Å². The lowest BCUT2D eigenvalue weighted by atomic mass is 10.1. The van der Waals surface area contributed by atoms with Crippen molar-refractivity contribution in [1.82, 2.24) is 24.7 Å². The number of nitrogens with zero attached hydrogens (tertiary/aromatic N) is 4. The Kier molecular flexibility index (Phi) is 5.72. The SMILES string of the molecule is Cc1ccc(OCc2ccccc2)c(Cn2nc(-c3cnc(-c4ccccn4)[nH]3)cc2C)c1. The maximum absolute atomic E-state index is 6.17. The zero-order chi connectivity index (χ0) is 22.6. The summed E-state index contributed by atoms with van der Waals surface area (Å²) < 4.78 is 8.17. The second-order valence-corrected chi connectivity index (χ2v) is 8.07. The second kappa shape index (κ2) is 9.12. The predicted octanol–water partition coefficient (Wildman–Crippen LogP) is 5.58. The maximum Gasteiger partial charge on any atom is 0.156 e. The Labute approximate surface area is 192 Å². The molecule has 0 unspecified atom stereocenters. The van der Waals surface area contributed by atoms with E-state index in [2.05, 4.69) is 59.1 Å². The van der Waals surface area contributed by atoms with E-state index in [1.54, 1.807) is 12.4 Å². The molecule has 3 heterocycles. The maximum atomic E-state index is 6.17. The molecule has 6 nitrogen and oxygen atoms in total. The van der Waals surface area contributed by atoms with E-state index in [4.69, 9.17) is 9.84 Å². The van der Waals surface area contributed by atoms with E-state index >= 15 is 0 Å². The van der Waals surface area contributed by atoms with Crippen LogP contribution >= 0.6 is 0 Å². The molecule has 0 saturated carbocycles. The first kappa shape index (κ1) is 20.7. The molecule has 5 aromatic rings. The van der Waals surface area contributed by atoms with Crippen LogP contribution < -0.4 is 4.74 Å². The van der Waals surface area contributed by atoms with Crippen LogP contribution in [0.4, 0.5) is 0 Å². The molecule has 2 aromatic carbocycles. The van der Waals surface area contributed by atoms with Crippen LogP contribution in [0.5, 0.6) is 5.75 Å². The summed E-state index contributed by atoms with van der Waals surface area (Å²) in [4.78, 5) is 12.2. The zero-order valence-electron chi connectivity index (χ0n) is 18.7. The Morgan fingerprint density at radius 2 is 1.73 bits per heavy atom. The van der Waals surface area contributed by atoms with Gasteiger partial charge in [-0.25, -0.2) is 4.98 Å². The zero-order valence-corrected chi connectivity index (χ0v) is 18.7. The van der Waals surface area contributed by atoms with E-state index in [0.29, 0.717) is 13.2 Å². The van der Waals surface area contributed by atoms with Crippen molar-refractivity contribution in [2.45, 2.75) is 27.0 Å². The average Bonchev–Trinajstić information content (AvgIpc) is 3.47. The van der Waals surface area contributed by atoms with Gasteiger partial charge in [-0.2, -0.15) is 5.10 Å². The van der Waals surface area contributed by atoms with Crippen molar-refractivity contribution >= 4 is 0 Å². The highest BCUT2D eigenvalue weighted by Crippen LogP contribution is 2.25. The van der Waals surface area contributed by atoms with Crippen molar-refractivity contribution in [3.05, 3.63) is 108 Å². The molecule has 0 atom stereocenters. The highest BCUT2D eigenvalue weighted by molar-refractivity contribution is 5.59. The van der Waals surface area contributed by atoms with Gasteiger partial charge >= 0.3 is 0 Å². The highest BCUT2D eigenvalue weighted by atomic mass is 16.5. The molecule has 0 aliphatic rings. The number of imidazole rings is 1. The van der Waals surface area contributed by atoms with Gasteiger partial charge < -0.3 is 9.72 Å². The predicted molar refractivity (Wildman–Crippen MR) is 129 cm³/mol. The fourth-order valence-corrected chi connectivity index (χ4v) is 3.76. The number of rotatable bonds is 7.